The highest BCUT2D eigenvalue weighted by molar-refractivity contribution is 5.44. The van der Waals surface area contributed by atoms with Gasteiger partial charge in [0.05, 0.1) is 12.2 Å². The summed E-state index contributed by atoms with van der Waals surface area (Å²) in [6.45, 7) is 0.987. The molecule has 1 aromatic carbocycles. The van der Waals surface area contributed by atoms with Gasteiger partial charge in [0.15, 0.2) is 11.5 Å². The maximum atomic E-state index is 8.82. The summed E-state index contributed by atoms with van der Waals surface area (Å²) < 4.78 is 12.3. The third kappa shape index (κ3) is 2.14. The van der Waals surface area contributed by atoms with E-state index in [0.717, 1.165) is 22.8 Å². The molecule has 0 saturated heterocycles. The molecule has 0 fully saturated rings. The first kappa shape index (κ1) is 11.0. The molecule has 2 aromatic rings. The normalized spacial score (nSPS) is 12.9. The maximum Gasteiger partial charge on any atom is 0.231 e. The molecule has 6 heteroatoms. The Bertz CT molecular complexity index is 553. The van der Waals surface area contributed by atoms with E-state index in [0.29, 0.717) is 13.0 Å². The van der Waals surface area contributed by atoms with Crippen molar-refractivity contribution in [2.75, 3.05) is 13.4 Å². The van der Waals surface area contributed by atoms with Gasteiger partial charge in [0.2, 0.25) is 6.79 Å². The SMILES string of the molecule is OCCc1cn(Cc2ccc3c(c2)OCO3)nn1. The van der Waals surface area contributed by atoms with Gasteiger partial charge in [-0.25, -0.2) is 4.68 Å². The monoisotopic (exact) mass is 247 g/mol. The summed E-state index contributed by atoms with van der Waals surface area (Å²) in [6, 6.07) is 5.81. The van der Waals surface area contributed by atoms with Gasteiger partial charge >= 0.3 is 0 Å². The van der Waals surface area contributed by atoms with Crippen LogP contribution in [0.15, 0.2) is 24.4 Å². The molecule has 0 radical (unpaired) electrons. The van der Waals surface area contributed by atoms with Crippen molar-refractivity contribution in [2.24, 2.45) is 0 Å². The summed E-state index contributed by atoms with van der Waals surface area (Å²) in [5.41, 5.74) is 1.86. The molecule has 3 rings (SSSR count). The largest absolute Gasteiger partial charge is 0.454 e. The van der Waals surface area contributed by atoms with Crippen molar-refractivity contribution in [3.63, 3.8) is 0 Å². The Labute approximate surface area is 104 Å². The highest BCUT2D eigenvalue weighted by atomic mass is 16.7. The summed E-state index contributed by atoms with van der Waals surface area (Å²) in [6.07, 6.45) is 2.36. The number of aliphatic hydroxyl groups is 1. The van der Waals surface area contributed by atoms with Crippen LogP contribution in [0.25, 0.3) is 0 Å². The van der Waals surface area contributed by atoms with E-state index in [1.54, 1.807) is 4.68 Å². The lowest BCUT2D eigenvalue weighted by molar-refractivity contribution is 0.174. The van der Waals surface area contributed by atoms with Gasteiger partial charge in [0, 0.05) is 19.2 Å². The minimum Gasteiger partial charge on any atom is -0.454 e. The van der Waals surface area contributed by atoms with Crippen LogP contribution in [0, 0.1) is 0 Å². The average molecular weight is 247 g/mol. The zero-order valence-corrected chi connectivity index (χ0v) is 9.74. The second-order valence-corrected chi connectivity index (χ2v) is 4.07. The van der Waals surface area contributed by atoms with Gasteiger partial charge in [-0.2, -0.15) is 0 Å². The molecule has 1 N–H and O–H groups in total. The molecule has 0 aliphatic carbocycles. The first-order valence-corrected chi connectivity index (χ1v) is 5.73. The second kappa shape index (κ2) is 4.66. The van der Waals surface area contributed by atoms with Gasteiger partial charge in [-0.05, 0) is 17.7 Å². The van der Waals surface area contributed by atoms with Crippen molar-refractivity contribution in [1.29, 1.82) is 0 Å². The Morgan fingerprint density at radius 3 is 3.06 bits per heavy atom. The maximum absolute atomic E-state index is 8.82. The van der Waals surface area contributed by atoms with E-state index in [1.807, 2.05) is 24.4 Å². The topological polar surface area (TPSA) is 69.4 Å². The molecule has 1 aromatic heterocycles. The van der Waals surface area contributed by atoms with E-state index in [-0.39, 0.29) is 13.4 Å². The van der Waals surface area contributed by atoms with Gasteiger partial charge in [-0.1, -0.05) is 11.3 Å². The Hall–Kier alpha value is -2.08. The second-order valence-electron chi connectivity index (χ2n) is 4.07. The Morgan fingerprint density at radius 1 is 1.28 bits per heavy atom. The molecular weight excluding hydrogens is 234 g/mol. The van der Waals surface area contributed by atoms with Gasteiger partial charge in [0.25, 0.3) is 0 Å². The summed E-state index contributed by atoms with van der Waals surface area (Å²) in [5, 5.41) is 16.8. The van der Waals surface area contributed by atoms with Crippen molar-refractivity contribution in [1.82, 2.24) is 15.0 Å². The summed E-state index contributed by atoms with van der Waals surface area (Å²) in [4.78, 5) is 0. The third-order valence-electron chi connectivity index (χ3n) is 2.74. The molecule has 2 heterocycles. The predicted octanol–water partition coefficient (Wildman–Crippen LogP) is 0.590. The van der Waals surface area contributed by atoms with E-state index in [1.165, 1.54) is 0 Å². The standard InChI is InChI=1S/C12H13N3O3/c16-4-3-10-7-15(14-13-10)6-9-1-2-11-12(5-9)18-8-17-11/h1-2,5,7,16H,3-4,6,8H2. The molecule has 94 valence electrons. The Kier molecular flexibility index (Phi) is 2.85. The van der Waals surface area contributed by atoms with E-state index in [9.17, 15) is 0 Å². The number of hydrogen-bond donors (Lipinski definition) is 1. The molecule has 1 aliphatic rings. The van der Waals surface area contributed by atoms with E-state index in [4.69, 9.17) is 14.6 Å². The van der Waals surface area contributed by atoms with Crippen molar-refractivity contribution >= 4 is 0 Å². The number of ether oxygens (including phenoxy) is 2. The fraction of sp³-hybridized carbons (Fsp3) is 0.333. The molecule has 0 atom stereocenters. The lowest BCUT2D eigenvalue weighted by Crippen LogP contribution is -2.00. The van der Waals surface area contributed by atoms with Gasteiger partial charge in [0.1, 0.15) is 0 Å². The van der Waals surface area contributed by atoms with Crippen LogP contribution in [-0.4, -0.2) is 33.5 Å². The zero-order valence-electron chi connectivity index (χ0n) is 9.74. The van der Waals surface area contributed by atoms with Gasteiger partial charge in [-0.3, -0.25) is 0 Å². The van der Waals surface area contributed by atoms with Crippen molar-refractivity contribution in [2.45, 2.75) is 13.0 Å². The van der Waals surface area contributed by atoms with Crippen LogP contribution in [0.1, 0.15) is 11.3 Å². The smallest absolute Gasteiger partial charge is 0.231 e. The predicted molar refractivity (Wildman–Crippen MR) is 62.5 cm³/mol. The lowest BCUT2D eigenvalue weighted by Gasteiger charge is -2.02. The molecule has 0 amide bonds. The quantitative estimate of drug-likeness (QED) is 0.856. The number of benzene rings is 1. The third-order valence-corrected chi connectivity index (χ3v) is 2.74. The van der Waals surface area contributed by atoms with E-state index in [2.05, 4.69) is 10.3 Å². The average Bonchev–Trinajstić information content (AvgIpc) is 2.98. The van der Waals surface area contributed by atoms with Crippen molar-refractivity contribution < 1.29 is 14.6 Å². The Morgan fingerprint density at radius 2 is 2.17 bits per heavy atom. The van der Waals surface area contributed by atoms with Crippen LogP contribution in [0.2, 0.25) is 0 Å². The fourth-order valence-corrected chi connectivity index (χ4v) is 1.87. The fourth-order valence-electron chi connectivity index (χ4n) is 1.87. The highest BCUT2D eigenvalue weighted by Crippen LogP contribution is 2.32. The number of aromatic nitrogens is 3. The molecule has 18 heavy (non-hydrogen) atoms. The van der Waals surface area contributed by atoms with Crippen LogP contribution >= 0.6 is 0 Å². The summed E-state index contributed by atoms with van der Waals surface area (Å²) in [7, 11) is 0. The van der Waals surface area contributed by atoms with Crippen molar-refractivity contribution in [3.8, 4) is 11.5 Å². The minimum absolute atomic E-state index is 0.0860. The van der Waals surface area contributed by atoms with Gasteiger partial charge in [-0.15, -0.1) is 5.10 Å². The summed E-state index contributed by atoms with van der Waals surface area (Å²) >= 11 is 0. The first-order chi connectivity index (χ1) is 8.85. The van der Waals surface area contributed by atoms with Crippen LogP contribution in [-0.2, 0) is 13.0 Å². The number of nitrogens with zero attached hydrogens (tertiary/aromatic N) is 3. The van der Waals surface area contributed by atoms with Gasteiger partial charge < -0.3 is 14.6 Å². The minimum atomic E-state index is 0.0860. The number of rotatable bonds is 4. The summed E-state index contributed by atoms with van der Waals surface area (Å²) in [5.74, 6) is 1.54. The Balaban J connectivity index is 1.75. The molecule has 1 aliphatic heterocycles. The molecule has 0 bridgehead atoms. The lowest BCUT2D eigenvalue weighted by atomic mass is 10.2. The van der Waals surface area contributed by atoms with Crippen LogP contribution in [0.3, 0.4) is 0 Å². The number of aliphatic hydroxyl groups excluding tert-OH is 1. The van der Waals surface area contributed by atoms with Crippen LogP contribution < -0.4 is 9.47 Å². The first-order valence-electron chi connectivity index (χ1n) is 5.73. The molecule has 0 unspecified atom stereocenters. The van der Waals surface area contributed by atoms with Crippen molar-refractivity contribution in [3.05, 3.63) is 35.7 Å². The van der Waals surface area contributed by atoms with Crippen LogP contribution in [0.4, 0.5) is 0 Å². The zero-order chi connectivity index (χ0) is 12.4. The molecule has 0 spiro atoms. The van der Waals surface area contributed by atoms with E-state index >= 15 is 0 Å². The molecular formula is C12H13N3O3. The number of hydrogen-bond acceptors (Lipinski definition) is 5. The van der Waals surface area contributed by atoms with Crippen LogP contribution in [0.5, 0.6) is 11.5 Å². The number of fused-ring (bicyclic) bond motifs is 1. The molecule has 6 nitrogen and oxygen atoms in total. The molecule has 0 saturated carbocycles. The highest BCUT2D eigenvalue weighted by Gasteiger charge is 2.13. The van der Waals surface area contributed by atoms with E-state index < -0.39 is 0 Å².